The van der Waals surface area contributed by atoms with Crippen LogP contribution in [0.1, 0.15) is 34.7 Å². The lowest BCUT2D eigenvalue weighted by atomic mass is 10.0. The lowest BCUT2D eigenvalue weighted by molar-refractivity contribution is 0.260. The summed E-state index contributed by atoms with van der Waals surface area (Å²) >= 11 is 0. The summed E-state index contributed by atoms with van der Waals surface area (Å²) in [6.07, 6.45) is 0.611. The topological polar surface area (TPSA) is 21.6 Å². The molecule has 1 aliphatic heterocycles. The van der Waals surface area contributed by atoms with Crippen LogP contribution in [0, 0.1) is 29.3 Å². The number of benzene rings is 3. The van der Waals surface area contributed by atoms with Gasteiger partial charge in [-0.3, -0.25) is 0 Å². The lowest BCUT2D eigenvalue weighted by Gasteiger charge is -2.22. The summed E-state index contributed by atoms with van der Waals surface area (Å²) in [7, 11) is 0. The van der Waals surface area contributed by atoms with E-state index in [0.717, 1.165) is 16.7 Å². The van der Waals surface area contributed by atoms with Crippen LogP contribution in [0.5, 0.6) is 0 Å². The van der Waals surface area contributed by atoms with Crippen LogP contribution in [0.25, 0.3) is 0 Å². The van der Waals surface area contributed by atoms with E-state index in [9.17, 15) is 13.2 Å². The van der Waals surface area contributed by atoms with Crippen LogP contribution >= 0.6 is 0 Å². The van der Waals surface area contributed by atoms with Crippen LogP contribution in [0.4, 0.5) is 13.2 Å². The van der Waals surface area contributed by atoms with Crippen LogP contribution in [-0.2, 0) is 4.74 Å². The van der Waals surface area contributed by atoms with Gasteiger partial charge in [-0.15, -0.1) is 0 Å². The number of hydrogen-bond acceptors (Lipinski definition) is 2. The van der Waals surface area contributed by atoms with Crippen molar-refractivity contribution in [1.29, 1.82) is 0 Å². The maximum atomic E-state index is 14.0. The molecule has 4 rings (SSSR count). The normalized spacial score (nSPS) is 15.7. The van der Waals surface area contributed by atoms with Crippen LogP contribution in [0.2, 0.25) is 0 Å². The van der Waals surface area contributed by atoms with Crippen molar-refractivity contribution in [2.24, 2.45) is 4.99 Å². The zero-order valence-corrected chi connectivity index (χ0v) is 15.3. The van der Waals surface area contributed by atoms with Crippen molar-refractivity contribution in [1.82, 2.24) is 0 Å². The molecule has 29 heavy (non-hydrogen) atoms. The highest BCUT2D eigenvalue weighted by Gasteiger charge is 2.23. The van der Waals surface area contributed by atoms with E-state index in [1.165, 1.54) is 30.3 Å². The van der Waals surface area contributed by atoms with Gasteiger partial charge in [0.25, 0.3) is 0 Å². The molecule has 144 valence electrons. The van der Waals surface area contributed by atoms with E-state index in [0.29, 0.717) is 13.0 Å². The molecule has 0 saturated heterocycles. The van der Waals surface area contributed by atoms with Crippen LogP contribution in [0.3, 0.4) is 0 Å². The Labute approximate surface area is 166 Å². The molecule has 1 aliphatic rings. The number of nitrogens with zero attached hydrogens (tertiary/aromatic N) is 1. The fourth-order valence-electron chi connectivity index (χ4n) is 3.06. The fourth-order valence-corrected chi connectivity index (χ4v) is 3.06. The number of aliphatic imine (C=N–C) groups is 1. The third kappa shape index (κ3) is 4.33. The van der Waals surface area contributed by atoms with E-state index in [4.69, 9.17) is 4.74 Å². The molecule has 0 aliphatic carbocycles. The SMILES string of the molecule is Fc1ccc(C#Cc2ccc(C3CCOC(c4c(F)cccc4F)=N3)cc2)cc1. The van der Waals surface area contributed by atoms with Gasteiger partial charge in [0.1, 0.15) is 23.0 Å². The summed E-state index contributed by atoms with van der Waals surface area (Å²) in [6, 6.07) is 16.9. The molecule has 3 aromatic carbocycles. The Kier molecular flexibility index (Phi) is 5.35. The Balaban J connectivity index is 1.55. The molecule has 0 saturated carbocycles. The van der Waals surface area contributed by atoms with Crippen molar-refractivity contribution in [2.75, 3.05) is 6.61 Å². The van der Waals surface area contributed by atoms with E-state index in [2.05, 4.69) is 16.8 Å². The van der Waals surface area contributed by atoms with Crippen molar-refractivity contribution in [3.8, 4) is 11.8 Å². The maximum Gasteiger partial charge on any atom is 0.222 e. The second-order valence-corrected chi connectivity index (χ2v) is 6.56. The van der Waals surface area contributed by atoms with Gasteiger partial charge in [0.05, 0.1) is 12.6 Å². The van der Waals surface area contributed by atoms with Crippen molar-refractivity contribution >= 4 is 5.90 Å². The van der Waals surface area contributed by atoms with Gasteiger partial charge in [-0.2, -0.15) is 0 Å². The van der Waals surface area contributed by atoms with E-state index < -0.39 is 11.6 Å². The van der Waals surface area contributed by atoms with Gasteiger partial charge in [0.15, 0.2) is 0 Å². The molecule has 0 spiro atoms. The van der Waals surface area contributed by atoms with E-state index in [1.54, 1.807) is 12.1 Å². The number of hydrogen-bond donors (Lipinski definition) is 0. The minimum atomic E-state index is -0.698. The Hall–Kier alpha value is -3.52. The summed E-state index contributed by atoms with van der Waals surface area (Å²) in [5, 5.41) is 0. The third-order valence-electron chi connectivity index (χ3n) is 4.57. The largest absolute Gasteiger partial charge is 0.477 e. The standard InChI is InChI=1S/C24H16F3NO/c25-19-12-8-17(9-13-19)5-4-16-6-10-18(11-7-16)22-14-15-29-24(28-22)23-20(26)2-1-3-21(23)27/h1-3,6-13,22H,14-15H2. The number of halogens is 3. The van der Waals surface area contributed by atoms with E-state index >= 15 is 0 Å². The van der Waals surface area contributed by atoms with Crippen LogP contribution in [-0.4, -0.2) is 12.5 Å². The highest BCUT2D eigenvalue weighted by atomic mass is 19.1. The Bertz CT molecular complexity index is 1090. The molecular weight excluding hydrogens is 375 g/mol. The molecule has 2 nitrogen and oxygen atoms in total. The van der Waals surface area contributed by atoms with Gasteiger partial charge in [-0.25, -0.2) is 18.2 Å². The van der Waals surface area contributed by atoms with Gasteiger partial charge >= 0.3 is 0 Å². The zero-order valence-electron chi connectivity index (χ0n) is 15.3. The second-order valence-electron chi connectivity index (χ2n) is 6.56. The average molecular weight is 391 g/mol. The lowest BCUT2D eigenvalue weighted by Crippen LogP contribution is -2.20. The van der Waals surface area contributed by atoms with E-state index in [1.807, 2.05) is 24.3 Å². The third-order valence-corrected chi connectivity index (χ3v) is 4.57. The van der Waals surface area contributed by atoms with Gasteiger partial charge in [-0.05, 0) is 54.1 Å². The Morgan fingerprint density at radius 1 is 0.793 bits per heavy atom. The van der Waals surface area contributed by atoms with Crippen molar-refractivity contribution < 1.29 is 17.9 Å². The monoisotopic (exact) mass is 391 g/mol. The molecule has 0 radical (unpaired) electrons. The predicted octanol–water partition coefficient (Wildman–Crippen LogP) is 5.41. The van der Waals surface area contributed by atoms with Crippen LogP contribution < -0.4 is 0 Å². The average Bonchev–Trinajstić information content (AvgIpc) is 2.74. The van der Waals surface area contributed by atoms with Gasteiger partial charge < -0.3 is 4.74 Å². The number of ether oxygens (including phenoxy) is 1. The summed E-state index contributed by atoms with van der Waals surface area (Å²) in [5.41, 5.74) is 2.20. The minimum Gasteiger partial charge on any atom is -0.477 e. The van der Waals surface area contributed by atoms with Gasteiger partial charge in [0.2, 0.25) is 5.90 Å². The summed E-state index contributed by atoms with van der Waals surface area (Å²) in [4.78, 5) is 4.42. The Morgan fingerprint density at radius 2 is 1.38 bits per heavy atom. The first kappa shape index (κ1) is 18.8. The van der Waals surface area contributed by atoms with Gasteiger partial charge in [0, 0.05) is 17.5 Å². The first-order valence-electron chi connectivity index (χ1n) is 9.13. The smallest absolute Gasteiger partial charge is 0.222 e. The highest BCUT2D eigenvalue weighted by Crippen LogP contribution is 2.28. The fraction of sp³-hybridized carbons (Fsp3) is 0.125. The summed E-state index contributed by atoms with van der Waals surface area (Å²) in [6.45, 7) is 0.323. The maximum absolute atomic E-state index is 14.0. The van der Waals surface area contributed by atoms with Crippen LogP contribution in [0.15, 0.2) is 71.7 Å². The molecule has 0 aromatic heterocycles. The van der Waals surface area contributed by atoms with Crippen molar-refractivity contribution in [2.45, 2.75) is 12.5 Å². The molecule has 0 bridgehead atoms. The van der Waals surface area contributed by atoms with Crippen molar-refractivity contribution in [3.05, 3.63) is 106 Å². The molecular formula is C24H16F3NO. The molecule has 1 atom stereocenters. The molecule has 1 heterocycles. The quantitative estimate of drug-likeness (QED) is 0.535. The predicted molar refractivity (Wildman–Crippen MR) is 105 cm³/mol. The number of rotatable bonds is 2. The van der Waals surface area contributed by atoms with Gasteiger partial charge in [-0.1, -0.05) is 30.0 Å². The van der Waals surface area contributed by atoms with E-state index in [-0.39, 0.29) is 23.3 Å². The Morgan fingerprint density at radius 3 is 2.00 bits per heavy atom. The molecule has 5 heteroatoms. The first-order chi connectivity index (χ1) is 14.1. The first-order valence-corrected chi connectivity index (χ1v) is 9.13. The summed E-state index contributed by atoms with van der Waals surface area (Å²) < 4.78 is 46.4. The highest BCUT2D eigenvalue weighted by molar-refractivity contribution is 5.95. The summed E-state index contributed by atoms with van der Waals surface area (Å²) in [5.74, 6) is 4.30. The zero-order chi connectivity index (χ0) is 20.2. The molecule has 0 amide bonds. The molecule has 0 N–H and O–H groups in total. The minimum absolute atomic E-state index is 0.0166. The molecule has 0 fully saturated rings. The second kappa shape index (κ2) is 8.24. The molecule has 1 unspecified atom stereocenters. The molecule has 3 aromatic rings. The van der Waals surface area contributed by atoms with Crippen molar-refractivity contribution in [3.63, 3.8) is 0 Å².